The minimum absolute atomic E-state index is 0.562. The third kappa shape index (κ3) is 2.24. The van der Waals surface area contributed by atoms with Gasteiger partial charge in [-0.05, 0) is 0 Å². The fourth-order valence-corrected chi connectivity index (χ4v) is 1.45. The zero-order valence-corrected chi connectivity index (χ0v) is 8.39. The van der Waals surface area contributed by atoms with Crippen molar-refractivity contribution in [1.29, 1.82) is 5.41 Å². The van der Waals surface area contributed by atoms with E-state index >= 15 is 0 Å². The molecule has 9 nitrogen and oxygen atoms in total. The van der Waals surface area contributed by atoms with Crippen molar-refractivity contribution in [3.8, 4) is 0 Å². The third-order valence-electron chi connectivity index (χ3n) is 2.42. The molecule has 0 aromatic heterocycles. The van der Waals surface area contributed by atoms with Gasteiger partial charge in [0.2, 0.25) is 5.96 Å². The summed E-state index contributed by atoms with van der Waals surface area (Å²) in [6.45, 7) is -0.562. The fourth-order valence-electron chi connectivity index (χ4n) is 1.45. The van der Waals surface area contributed by atoms with Crippen LogP contribution < -0.4 is 11.6 Å². The van der Waals surface area contributed by atoms with Gasteiger partial charge in [0.1, 0.15) is 24.4 Å². The summed E-state index contributed by atoms with van der Waals surface area (Å²) in [6, 6.07) is 0. The largest absolute Gasteiger partial charge is 0.394 e. The molecule has 0 aromatic rings. The minimum Gasteiger partial charge on any atom is -0.394 e. The molecule has 1 heterocycles. The van der Waals surface area contributed by atoms with Gasteiger partial charge in [-0.3, -0.25) is 5.41 Å². The normalized spacial score (nSPS) is 39.4. The topological polar surface area (TPSA) is 169 Å². The second kappa shape index (κ2) is 4.91. The van der Waals surface area contributed by atoms with Crippen molar-refractivity contribution in [2.45, 2.75) is 30.6 Å². The van der Waals surface area contributed by atoms with Crippen LogP contribution in [0.4, 0.5) is 0 Å². The maximum atomic E-state index is 9.55. The number of hydrogen-bond donors (Lipinski definition) is 7. The average molecular weight is 236 g/mol. The molecule has 9 N–H and O–H groups in total. The molecule has 94 valence electrons. The second-order valence-electron chi connectivity index (χ2n) is 3.51. The van der Waals surface area contributed by atoms with Crippen molar-refractivity contribution in [3.05, 3.63) is 0 Å². The first-order chi connectivity index (χ1) is 7.40. The highest BCUT2D eigenvalue weighted by atomic mass is 16.6. The Hall–Kier alpha value is -0.970. The van der Waals surface area contributed by atoms with Gasteiger partial charge in [-0.15, -0.1) is 0 Å². The summed E-state index contributed by atoms with van der Waals surface area (Å²) in [5.74, 6) is 4.75. The summed E-state index contributed by atoms with van der Waals surface area (Å²) in [6.07, 6.45) is -6.91. The number of hydrogen-bond acceptors (Lipinski definition) is 7. The van der Waals surface area contributed by atoms with E-state index in [0.29, 0.717) is 5.01 Å². The van der Waals surface area contributed by atoms with Gasteiger partial charge >= 0.3 is 0 Å². The summed E-state index contributed by atoms with van der Waals surface area (Å²) in [7, 11) is 0. The molecule has 1 saturated heterocycles. The number of aliphatic hydroxyl groups excluding tert-OH is 4. The standard InChI is InChI=1S/C7H16N4O5/c8-7(9)11(10)6-5(15)4(14)3(13)2(1-12)16-6/h2-6,12-15H,1,10H2,(H3,8,9)/t2-,3-,4+,5-,6+/m1/s1. The van der Waals surface area contributed by atoms with Crippen LogP contribution in [0.15, 0.2) is 0 Å². The van der Waals surface area contributed by atoms with Crippen LogP contribution in [0, 0.1) is 5.41 Å². The first kappa shape index (κ1) is 13.1. The van der Waals surface area contributed by atoms with Gasteiger partial charge in [0.25, 0.3) is 0 Å². The quantitative estimate of drug-likeness (QED) is 0.110. The van der Waals surface area contributed by atoms with E-state index in [2.05, 4.69) is 0 Å². The van der Waals surface area contributed by atoms with E-state index in [1.807, 2.05) is 0 Å². The Bertz CT molecular complexity index is 263. The average Bonchev–Trinajstić information content (AvgIpc) is 2.25. The van der Waals surface area contributed by atoms with Crippen LogP contribution in [-0.2, 0) is 4.74 Å². The molecule has 16 heavy (non-hydrogen) atoms. The van der Waals surface area contributed by atoms with E-state index in [9.17, 15) is 15.3 Å². The highest BCUT2D eigenvalue weighted by Gasteiger charge is 2.45. The van der Waals surface area contributed by atoms with E-state index < -0.39 is 43.2 Å². The Morgan fingerprint density at radius 3 is 2.25 bits per heavy atom. The monoisotopic (exact) mass is 236 g/mol. The van der Waals surface area contributed by atoms with Gasteiger partial charge in [0.15, 0.2) is 6.23 Å². The summed E-state index contributed by atoms with van der Waals surface area (Å²) in [4.78, 5) is 0. The Morgan fingerprint density at radius 1 is 1.25 bits per heavy atom. The molecule has 0 amide bonds. The van der Waals surface area contributed by atoms with Gasteiger partial charge in [0, 0.05) is 0 Å². The maximum absolute atomic E-state index is 9.55. The van der Waals surface area contributed by atoms with E-state index in [1.54, 1.807) is 0 Å². The van der Waals surface area contributed by atoms with E-state index in [-0.39, 0.29) is 0 Å². The zero-order valence-electron chi connectivity index (χ0n) is 8.39. The van der Waals surface area contributed by atoms with Gasteiger partial charge in [-0.25, -0.2) is 10.9 Å². The minimum atomic E-state index is -1.54. The van der Waals surface area contributed by atoms with E-state index in [1.165, 1.54) is 0 Å². The van der Waals surface area contributed by atoms with E-state index in [0.717, 1.165) is 0 Å². The molecular weight excluding hydrogens is 220 g/mol. The van der Waals surface area contributed by atoms with Gasteiger partial charge in [-0.2, -0.15) is 0 Å². The van der Waals surface area contributed by atoms with E-state index in [4.69, 9.17) is 26.8 Å². The van der Waals surface area contributed by atoms with Crippen LogP contribution in [0.25, 0.3) is 0 Å². The predicted octanol–water partition coefficient (Wildman–Crippen LogP) is -4.14. The number of rotatable bonds is 2. The lowest BCUT2D eigenvalue weighted by Crippen LogP contribution is -2.66. The Morgan fingerprint density at radius 2 is 1.81 bits per heavy atom. The zero-order chi connectivity index (χ0) is 12.5. The molecule has 0 unspecified atom stereocenters. The molecule has 1 aliphatic rings. The number of nitrogens with one attached hydrogen (secondary N) is 1. The summed E-state index contributed by atoms with van der Waals surface area (Å²) < 4.78 is 5.02. The number of guanidine groups is 1. The van der Waals surface area contributed by atoms with Crippen molar-refractivity contribution in [3.63, 3.8) is 0 Å². The fraction of sp³-hybridized carbons (Fsp3) is 0.857. The Labute approximate surface area is 91.3 Å². The number of nitrogens with two attached hydrogens (primary N) is 2. The Kier molecular flexibility index (Phi) is 4.02. The summed E-state index contributed by atoms with van der Waals surface area (Å²) in [5.41, 5.74) is 5.08. The molecule has 0 aliphatic carbocycles. The molecule has 0 bridgehead atoms. The molecular formula is C7H16N4O5. The highest BCUT2D eigenvalue weighted by molar-refractivity contribution is 5.74. The number of ether oxygens (including phenoxy) is 1. The van der Waals surface area contributed by atoms with Crippen LogP contribution in [0.2, 0.25) is 0 Å². The molecule has 0 spiro atoms. The van der Waals surface area contributed by atoms with Crippen molar-refractivity contribution in [2.75, 3.05) is 6.61 Å². The van der Waals surface area contributed by atoms with Crippen LogP contribution in [0.5, 0.6) is 0 Å². The smallest absolute Gasteiger partial charge is 0.205 e. The maximum Gasteiger partial charge on any atom is 0.205 e. The predicted molar refractivity (Wildman–Crippen MR) is 51.7 cm³/mol. The molecule has 0 aromatic carbocycles. The summed E-state index contributed by atoms with van der Waals surface area (Å²) in [5, 5.41) is 44.9. The molecule has 1 rings (SSSR count). The lowest BCUT2D eigenvalue weighted by atomic mass is 9.98. The van der Waals surface area contributed by atoms with Crippen molar-refractivity contribution in [1.82, 2.24) is 5.01 Å². The van der Waals surface area contributed by atoms with Crippen molar-refractivity contribution in [2.24, 2.45) is 11.6 Å². The lowest BCUT2D eigenvalue weighted by molar-refractivity contribution is -0.256. The molecule has 0 radical (unpaired) electrons. The van der Waals surface area contributed by atoms with Gasteiger partial charge < -0.3 is 30.9 Å². The Balaban J connectivity index is 2.82. The molecule has 9 heteroatoms. The summed E-state index contributed by atoms with van der Waals surface area (Å²) >= 11 is 0. The highest BCUT2D eigenvalue weighted by Crippen LogP contribution is 2.21. The lowest BCUT2D eigenvalue weighted by Gasteiger charge is -2.42. The van der Waals surface area contributed by atoms with Crippen molar-refractivity contribution < 1.29 is 25.2 Å². The number of hydrazine groups is 1. The van der Waals surface area contributed by atoms with Crippen LogP contribution >= 0.6 is 0 Å². The second-order valence-corrected chi connectivity index (χ2v) is 3.51. The van der Waals surface area contributed by atoms with Gasteiger partial charge in [0.05, 0.1) is 6.61 Å². The molecule has 1 fully saturated rings. The first-order valence-corrected chi connectivity index (χ1v) is 4.58. The molecule has 0 saturated carbocycles. The number of nitrogens with zero attached hydrogens (tertiary/aromatic N) is 1. The van der Waals surface area contributed by atoms with Crippen LogP contribution in [0.3, 0.4) is 0 Å². The van der Waals surface area contributed by atoms with Crippen LogP contribution in [-0.4, -0.2) is 68.6 Å². The SMILES string of the molecule is N=C(N)N(N)[C@H]1O[C@H](CO)[C@@H](O)[C@H](O)[C@H]1O. The first-order valence-electron chi connectivity index (χ1n) is 4.58. The molecule has 1 aliphatic heterocycles. The number of aliphatic hydroxyl groups is 4. The molecule has 5 atom stereocenters. The third-order valence-corrected chi connectivity index (χ3v) is 2.42. The van der Waals surface area contributed by atoms with Crippen LogP contribution in [0.1, 0.15) is 0 Å². The van der Waals surface area contributed by atoms with Gasteiger partial charge in [-0.1, -0.05) is 0 Å². The van der Waals surface area contributed by atoms with Crippen molar-refractivity contribution >= 4 is 5.96 Å².